The van der Waals surface area contributed by atoms with Gasteiger partial charge in [-0.2, -0.15) is 5.10 Å². The van der Waals surface area contributed by atoms with Crippen molar-refractivity contribution in [2.24, 2.45) is 5.10 Å². The second-order valence-electron chi connectivity index (χ2n) is 6.61. The SMILES string of the molecule is O=C(CSc1nncn1-c1ccccc1)N1N=C(c2ccco2)CC1c1ccco1. The third-order valence-electron chi connectivity index (χ3n) is 4.72. The fourth-order valence-corrected chi connectivity index (χ4v) is 4.10. The van der Waals surface area contributed by atoms with Gasteiger partial charge in [0.25, 0.3) is 5.91 Å². The zero-order valence-corrected chi connectivity index (χ0v) is 16.6. The van der Waals surface area contributed by atoms with Gasteiger partial charge in [-0.3, -0.25) is 9.36 Å². The van der Waals surface area contributed by atoms with Crippen LogP contribution in [0.3, 0.4) is 0 Å². The van der Waals surface area contributed by atoms with Crippen LogP contribution in [-0.4, -0.2) is 37.1 Å². The van der Waals surface area contributed by atoms with Crippen LogP contribution in [0.25, 0.3) is 5.69 Å². The summed E-state index contributed by atoms with van der Waals surface area (Å²) in [5.74, 6) is 1.35. The highest BCUT2D eigenvalue weighted by Gasteiger charge is 2.35. The van der Waals surface area contributed by atoms with Crippen LogP contribution in [0.4, 0.5) is 0 Å². The Morgan fingerprint density at radius 1 is 1.07 bits per heavy atom. The van der Waals surface area contributed by atoms with E-state index in [1.54, 1.807) is 31.0 Å². The first-order valence-corrected chi connectivity index (χ1v) is 10.3. The van der Waals surface area contributed by atoms with E-state index in [4.69, 9.17) is 8.83 Å². The van der Waals surface area contributed by atoms with Crippen molar-refractivity contribution >= 4 is 23.4 Å². The normalized spacial score (nSPS) is 16.1. The molecule has 4 heterocycles. The van der Waals surface area contributed by atoms with E-state index in [-0.39, 0.29) is 17.7 Å². The minimum absolute atomic E-state index is 0.148. The zero-order valence-electron chi connectivity index (χ0n) is 15.8. The topological polar surface area (TPSA) is 89.7 Å². The molecule has 0 aliphatic carbocycles. The lowest BCUT2D eigenvalue weighted by Crippen LogP contribution is -2.28. The van der Waals surface area contributed by atoms with Gasteiger partial charge in [0.2, 0.25) is 0 Å². The lowest BCUT2D eigenvalue weighted by Gasteiger charge is -2.19. The predicted octanol–water partition coefficient (Wildman–Crippen LogP) is 3.92. The summed E-state index contributed by atoms with van der Waals surface area (Å²) in [6, 6.07) is 16.7. The highest BCUT2D eigenvalue weighted by Crippen LogP contribution is 2.34. The van der Waals surface area contributed by atoms with Gasteiger partial charge < -0.3 is 8.83 Å². The predicted molar refractivity (Wildman–Crippen MR) is 110 cm³/mol. The summed E-state index contributed by atoms with van der Waals surface area (Å²) in [4.78, 5) is 13.1. The molecule has 9 heteroatoms. The summed E-state index contributed by atoms with van der Waals surface area (Å²) >= 11 is 1.32. The Balaban J connectivity index is 1.35. The van der Waals surface area contributed by atoms with E-state index in [0.29, 0.717) is 28.8 Å². The van der Waals surface area contributed by atoms with Crippen molar-refractivity contribution in [1.82, 2.24) is 19.8 Å². The highest BCUT2D eigenvalue weighted by molar-refractivity contribution is 7.99. The first-order valence-electron chi connectivity index (χ1n) is 9.34. The van der Waals surface area contributed by atoms with E-state index >= 15 is 0 Å². The Labute approximate surface area is 176 Å². The Morgan fingerprint density at radius 3 is 2.67 bits per heavy atom. The van der Waals surface area contributed by atoms with Gasteiger partial charge in [0.15, 0.2) is 5.16 Å². The standard InChI is InChI=1S/C21H17N5O3S/c27-20(13-30-21-23-22-14-25(21)15-6-2-1-3-7-15)26-17(19-9-5-11-29-19)12-16(24-26)18-8-4-10-28-18/h1-11,14,17H,12-13H2. The number of carbonyl (C=O) groups excluding carboxylic acids is 1. The number of amides is 1. The summed E-state index contributed by atoms with van der Waals surface area (Å²) in [6.07, 6.45) is 5.35. The zero-order chi connectivity index (χ0) is 20.3. The quantitative estimate of drug-likeness (QED) is 0.440. The largest absolute Gasteiger partial charge is 0.467 e. The van der Waals surface area contributed by atoms with Crippen LogP contribution >= 0.6 is 11.8 Å². The van der Waals surface area contributed by atoms with Crippen molar-refractivity contribution in [3.8, 4) is 5.69 Å². The van der Waals surface area contributed by atoms with Crippen molar-refractivity contribution in [3.05, 3.63) is 85.0 Å². The van der Waals surface area contributed by atoms with Crippen LogP contribution < -0.4 is 0 Å². The maximum Gasteiger partial charge on any atom is 0.253 e. The summed E-state index contributed by atoms with van der Waals surface area (Å²) in [6.45, 7) is 0. The number of furan rings is 2. The molecule has 1 aliphatic heterocycles. The summed E-state index contributed by atoms with van der Waals surface area (Å²) in [5.41, 5.74) is 1.65. The Kier molecular flexibility index (Phi) is 4.94. The molecule has 5 rings (SSSR count). The molecule has 30 heavy (non-hydrogen) atoms. The van der Waals surface area contributed by atoms with Gasteiger partial charge in [-0.25, -0.2) is 5.01 Å². The number of hydrazone groups is 1. The van der Waals surface area contributed by atoms with Crippen LogP contribution in [0.5, 0.6) is 0 Å². The maximum absolute atomic E-state index is 13.1. The molecule has 8 nitrogen and oxygen atoms in total. The number of carbonyl (C=O) groups is 1. The fourth-order valence-electron chi connectivity index (χ4n) is 3.32. The summed E-state index contributed by atoms with van der Waals surface area (Å²) in [7, 11) is 0. The number of nitrogens with zero attached hydrogens (tertiary/aromatic N) is 5. The van der Waals surface area contributed by atoms with Crippen molar-refractivity contribution in [2.45, 2.75) is 17.6 Å². The van der Waals surface area contributed by atoms with Gasteiger partial charge in [-0.05, 0) is 36.4 Å². The van der Waals surface area contributed by atoms with Crippen molar-refractivity contribution in [1.29, 1.82) is 0 Å². The van der Waals surface area contributed by atoms with Gasteiger partial charge in [0.1, 0.15) is 29.6 Å². The van der Waals surface area contributed by atoms with Crippen molar-refractivity contribution in [3.63, 3.8) is 0 Å². The molecule has 0 fully saturated rings. The maximum atomic E-state index is 13.1. The molecule has 3 aromatic heterocycles. The smallest absolute Gasteiger partial charge is 0.253 e. The third kappa shape index (κ3) is 3.55. The van der Waals surface area contributed by atoms with Crippen molar-refractivity contribution in [2.75, 3.05) is 5.75 Å². The minimum Gasteiger partial charge on any atom is -0.467 e. The van der Waals surface area contributed by atoms with E-state index in [2.05, 4.69) is 15.3 Å². The number of thioether (sulfide) groups is 1. The molecule has 1 aliphatic rings. The number of rotatable bonds is 6. The van der Waals surface area contributed by atoms with Crippen LogP contribution in [0.2, 0.25) is 0 Å². The molecule has 1 atom stereocenters. The highest BCUT2D eigenvalue weighted by atomic mass is 32.2. The molecule has 1 aromatic carbocycles. The number of para-hydroxylation sites is 1. The number of benzene rings is 1. The van der Waals surface area contributed by atoms with Gasteiger partial charge in [0, 0.05) is 12.1 Å². The molecule has 0 N–H and O–H groups in total. The van der Waals surface area contributed by atoms with Crippen LogP contribution in [0, 0.1) is 0 Å². The summed E-state index contributed by atoms with van der Waals surface area (Å²) in [5, 5.41) is 14.8. The fraction of sp³-hybridized carbons (Fsp3) is 0.143. The van der Waals surface area contributed by atoms with E-state index < -0.39 is 0 Å². The van der Waals surface area contributed by atoms with Gasteiger partial charge in [0.05, 0.1) is 18.3 Å². The molecule has 0 spiro atoms. The second kappa shape index (κ2) is 8.03. The van der Waals surface area contributed by atoms with Crippen LogP contribution in [0.15, 0.2) is 92.5 Å². The Bertz CT molecular complexity index is 1150. The Morgan fingerprint density at radius 2 is 1.90 bits per heavy atom. The van der Waals surface area contributed by atoms with E-state index in [9.17, 15) is 4.79 Å². The average molecular weight is 419 g/mol. The van der Waals surface area contributed by atoms with Crippen molar-refractivity contribution < 1.29 is 13.6 Å². The Hall–Kier alpha value is -3.59. The van der Waals surface area contributed by atoms with E-state index in [1.807, 2.05) is 47.0 Å². The molecule has 0 radical (unpaired) electrons. The first-order chi connectivity index (χ1) is 14.8. The van der Waals surface area contributed by atoms with Crippen LogP contribution in [-0.2, 0) is 4.79 Å². The third-order valence-corrected chi connectivity index (χ3v) is 5.65. The summed E-state index contributed by atoms with van der Waals surface area (Å²) < 4.78 is 12.9. The second-order valence-corrected chi connectivity index (χ2v) is 7.55. The molecular formula is C21H17N5O3S. The van der Waals surface area contributed by atoms with E-state index in [0.717, 1.165) is 5.69 Å². The molecule has 0 bridgehead atoms. The molecule has 4 aromatic rings. The first kappa shape index (κ1) is 18.4. The molecule has 150 valence electrons. The van der Waals surface area contributed by atoms with Gasteiger partial charge in [-0.1, -0.05) is 30.0 Å². The number of hydrogen-bond donors (Lipinski definition) is 0. The minimum atomic E-state index is -0.305. The molecular weight excluding hydrogens is 402 g/mol. The lowest BCUT2D eigenvalue weighted by atomic mass is 10.1. The molecule has 1 amide bonds. The number of aromatic nitrogens is 3. The molecule has 0 saturated heterocycles. The molecule has 0 saturated carbocycles. The monoisotopic (exact) mass is 419 g/mol. The lowest BCUT2D eigenvalue weighted by molar-refractivity contribution is -0.130. The molecule has 1 unspecified atom stereocenters. The van der Waals surface area contributed by atoms with Crippen LogP contribution in [0.1, 0.15) is 24.0 Å². The van der Waals surface area contributed by atoms with Gasteiger partial charge >= 0.3 is 0 Å². The van der Waals surface area contributed by atoms with E-state index in [1.165, 1.54) is 16.8 Å². The average Bonchev–Trinajstić information content (AvgIpc) is 3.57. The van der Waals surface area contributed by atoms with Gasteiger partial charge in [-0.15, -0.1) is 10.2 Å². The number of hydrogen-bond acceptors (Lipinski definition) is 7.